The van der Waals surface area contributed by atoms with E-state index in [0.29, 0.717) is 18.7 Å². The predicted octanol–water partition coefficient (Wildman–Crippen LogP) is 2.19. The second-order valence-electron chi connectivity index (χ2n) is 5.38. The van der Waals surface area contributed by atoms with E-state index in [0.717, 1.165) is 21.3 Å². The van der Waals surface area contributed by atoms with E-state index in [9.17, 15) is 4.79 Å². The summed E-state index contributed by atoms with van der Waals surface area (Å²) in [4.78, 5) is 22.4. The molecule has 0 aromatic carbocycles. The molecule has 7 nitrogen and oxygen atoms in total. The highest BCUT2D eigenvalue weighted by Crippen LogP contribution is 2.28. The first kappa shape index (κ1) is 14.3. The van der Waals surface area contributed by atoms with Crippen molar-refractivity contribution in [2.45, 2.75) is 6.10 Å². The molecule has 0 bridgehead atoms. The van der Waals surface area contributed by atoms with Gasteiger partial charge in [-0.05, 0) is 34.1 Å². The number of nitrogens with zero attached hydrogens (tertiary/aromatic N) is 4. The fourth-order valence-corrected chi connectivity index (χ4v) is 3.07. The molecule has 118 valence electrons. The molecule has 0 saturated carbocycles. The summed E-state index contributed by atoms with van der Waals surface area (Å²) in [5.41, 5.74) is 1.75. The Bertz CT molecular complexity index is 903. The molecule has 3 aromatic rings. The van der Waals surface area contributed by atoms with Crippen LogP contribution in [0.4, 0.5) is 10.7 Å². The molecule has 1 saturated heterocycles. The maximum absolute atomic E-state index is 11.2. The van der Waals surface area contributed by atoms with Crippen molar-refractivity contribution in [1.82, 2.24) is 19.7 Å². The first-order valence-corrected chi connectivity index (χ1v) is 8.00. The van der Waals surface area contributed by atoms with Crippen LogP contribution in [0.15, 0.2) is 35.1 Å². The Morgan fingerprint density at radius 2 is 2.30 bits per heavy atom. The Labute approximate surface area is 140 Å². The van der Waals surface area contributed by atoms with E-state index in [1.807, 2.05) is 28.8 Å². The Kier molecular flexibility index (Phi) is 3.33. The zero-order valence-corrected chi connectivity index (χ0v) is 13.9. The number of pyridine rings is 1. The normalized spacial score (nSPS) is 15.0. The molecule has 1 N–H and O–H groups in total. The molecule has 3 aromatic heterocycles. The average Bonchev–Trinajstić information content (AvgIpc) is 3.00. The number of aromatic nitrogens is 3. The highest BCUT2D eigenvalue weighted by Gasteiger charge is 2.32. The van der Waals surface area contributed by atoms with Crippen LogP contribution >= 0.6 is 15.9 Å². The number of fused-ring (bicyclic) bond motifs is 3. The molecule has 8 heteroatoms. The van der Waals surface area contributed by atoms with E-state index < -0.39 is 6.09 Å². The number of rotatable bonds is 2. The van der Waals surface area contributed by atoms with Gasteiger partial charge in [-0.3, -0.25) is 4.40 Å². The zero-order chi connectivity index (χ0) is 16.0. The van der Waals surface area contributed by atoms with Crippen molar-refractivity contribution >= 4 is 44.5 Å². The average molecular weight is 376 g/mol. The standard InChI is InChI=1S/C15H14BrN5O2/c1-17-15(22)23-10-7-20(8-10)14-19-13-11(5-9(16)6-18-13)12-3-2-4-21(12)14/h2-6,10H,7-8H2,1H3,(H,17,22). The highest BCUT2D eigenvalue weighted by molar-refractivity contribution is 9.10. The predicted molar refractivity (Wildman–Crippen MR) is 89.7 cm³/mol. The number of anilines is 1. The number of hydrogen-bond acceptors (Lipinski definition) is 5. The van der Waals surface area contributed by atoms with Crippen molar-refractivity contribution in [1.29, 1.82) is 0 Å². The quantitative estimate of drug-likeness (QED) is 0.743. The minimum absolute atomic E-state index is 0.115. The van der Waals surface area contributed by atoms with Crippen molar-refractivity contribution in [2.75, 3.05) is 25.0 Å². The van der Waals surface area contributed by atoms with Gasteiger partial charge in [-0.2, -0.15) is 4.98 Å². The van der Waals surface area contributed by atoms with Gasteiger partial charge in [-0.1, -0.05) is 0 Å². The van der Waals surface area contributed by atoms with Gasteiger partial charge < -0.3 is 15.0 Å². The van der Waals surface area contributed by atoms with Gasteiger partial charge in [-0.25, -0.2) is 9.78 Å². The first-order valence-electron chi connectivity index (χ1n) is 7.21. The third-order valence-corrected chi connectivity index (χ3v) is 4.32. The molecule has 4 rings (SSSR count). The molecule has 1 fully saturated rings. The molecule has 0 atom stereocenters. The van der Waals surface area contributed by atoms with Gasteiger partial charge >= 0.3 is 6.09 Å². The Hall–Kier alpha value is -2.35. The first-order chi connectivity index (χ1) is 11.2. The highest BCUT2D eigenvalue weighted by atomic mass is 79.9. The number of alkyl carbamates (subject to hydrolysis) is 1. The topological polar surface area (TPSA) is 71.8 Å². The van der Waals surface area contributed by atoms with Crippen molar-refractivity contribution < 1.29 is 9.53 Å². The molecule has 4 heterocycles. The minimum atomic E-state index is -0.404. The van der Waals surface area contributed by atoms with Crippen molar-refractivity contribution in [3.63, 3.8) is 0 Å². The van der Waals surface area contributed by atoms with Crippen LogP contribution in [0.3, 0.4) is 0 Å². The van der Waals surface area contributed by atoms with Crippen LogP contribution in [-0.2, 0) is 4.74 Å². The van der Waals surface area contributed by atoms with E-state index in [1.165, 1.54) is 0 Å². The molecule has 0 aliphatic carbocycles. The lowest BCUT2D eigenvalue weighted by Crippen LogP contribution is -2.54. The molecular weight excluding hydrogens is 362 g/mol. The summed E-state index contributed by atoms with van der Waals surface area (Å²) < 4.78 is 8.19. The van der Waals surface area contributed by atoms with Gasteiger partial charge in [0.1, 0.15) is 6.10 Å². The van der Waals surface area contributed by atoms with Crippen LogP contribution in [0, 0.1) is 0 Å². The lowest BCUT2D eigenvalue weighted by atomic mass is 10.2. The summed E-state index contributed by atoms with van der Waals surface area (Å²) in [6.07, 6.45) is 3.20. The monoisotopic (exact) mass is 375 g/mol. The maximum atomic E-state index is 11.2. The van der Waals surface area contributed by atoms with Crippen LogP contribution < -0.4 is 10.2 Å². The lowest BCUT2D eigenvalue weighted by molar-refractivity contribution is 0.0819. The summed E-state index contributed by atoms with van der Waals surface area (Å²) in [5.74, 6) is 0.809. The van der Waals surface area contributed by atoms with E-state index in [4.69, 9.17) is 4.74 Å². The fourth-order valence-electron chi connectivity index (χ4n) is 2.74. The Morgan fingerprint density at radius 3 is 3.09 bits per heavy atom. The molecule has 0 radical (unpaired) electrons. The number of carbonyl (C=O) groups is 1. The number of hydrogen-bond donors (Lipinski definition) is 1. The van der Waals surface area contributed by atoms with Crippen LogP contribution in [0.5, 0.6) is 0 Å². The van der Waals surface area contributed by atoms with Gasteiger partial charge in [0.05, 0.1) is 18.6 Å². The summed E-state index contributed by atoms with van der Waals surface area (Å²) in [5, 5.41) is 3.45. The molecular formula is C15H14BrN5O2. The van der Waals surface area contributed by atoms with Gasteiger partial charge in [-0.15, -0.1) is 0 Å². The smallest absolute Gasteiger partial charge is 0.407 e. The summed E-state index contributed by atoms with van der Waals surface area (Å²) >= 11 is 3.45. The lowest BCUT2D eigenvalue weighted by Gasteiger charge is -2.39. The van der Waals surface area contributed by atoms with E-state index in [1.54, 1.807) is 13.2 Å². The van der Waals surface area contributed by atoms with Crippen LogP contribution in [-0.4, -0.2) is 46.7 Å². The number of halogens is 1. The van der Waals surface area contributed by atoms with Crippen LogP contribution in [0.2, 0.25) is 0 Å². The minimum Gasteiger partial charge on any atom is -0.442 e. The van der Waals surface area contributed by atoms with Crippen LogP contribution in [0.25, 0.3) is 16.6 Å². The maximum Gasteiger partial charge on any atom is 0.407 e. The van der Waals surface area contributed by atoms with E-state index in [-0.39, 0.29) is 6.10 Å². The van der Waals surface area contributed by atoms with Gasteiger partial charge in [0.2, 0.25) is 5.95 Å². The van der Waals surface area contributed by atoms with Crippen LogP contribution in [0.1, 0.15) is 0 Å². The SMILES string of the molecule is CNC(=O)OC1CN(c2nc3ncc(Br)cc3c3cccn23)C1. The number of nitrogens with one attached hydrogen (secondary N) is 1. The second kappa shape index (κ2) is 5.38. The zero-order valence-electron chi connectivity index (χ0n) is 12.4. The molecule has 0 unspecified atom stereocenters. The number of ether oxygens (including phenoxy) is 1. The van der Waals surface area contributed by atoms with Crippen molar-refractivity contribution in [3.05, 3.63) is 35.1 Å². The largest absolute Gasteiger partial charge is 0.442 e. The van der Waals surface area contributed by atoms with Gasteiger partial charge in [0.15, 0.2) is 5.65 Å². The molecule has 1 aliphatic heterocycles. The van der Waals surface area contributed by atoms with Crippen molar-refractivity contribution in [3.8, 4) is 0 Å². The Balaban J connectivity index is 1.69. The molecule has 23 heavy (non-hydrogen) atoms. The third kappa shape index (κ3) is 2.39. The fraction of sp³-hybridized carbons (Fsp3) is 0.267. The van der Waals surface area contributed by atoms with Gasteiger partial charge in [0.25, 0.3) is 0 Å². The van der Waals surface area contributed by atoms with Crippen molar-refractivity contribution in [2.24, 2.45) is 0 Å². The number of amides is 1. The van der Waals surface area contributed by atoms with Gasteiger partial charge in [0, 0.05) is 29.3 Å². The molecule has 1 amide bonds. The summed E-state index contributed by atoms with van der Waals surface area (Å²) in [7, 11) is 1.55. The number of carbonyl (C=O) groups excluding carboxylic acids is 1. The van der Waals surface area contributed by atoms with E-state index >= 15 is 0 Å². The summed E-state index contributed by atoms with van der Waals surface area (Å²) in [6.45, 7) is 1.24. The second-order valence-corrected chi connectivity index (χ2v) is 6.30. The summed E-state index contributed by atoms with van der Waals surface area (Å²) in [6, 6.07) is 6.04. The molecule has 1 aliphatic rings. The van der Waals surface area contributed by atoms with E-state index in [2.05, 4.69) is 36.1 Å². The Morgan fingerprint density at radius 1 is 1.48 bits per heavy atom. The molecule has 0 spiro atoms. The third-order valence-electron chi connectivity index (χ3n) is 3.89.